The number of amides is 1. The standard InChI is InChI=1S/C20H28N6O2/c1-5-15-18(13(3)27)12(2)23-19(15)20(28)26-9-7-14(10-26)25(4)11-17-22-8-6-16(21)24-17/h6,8,14,23H,5,7,9-11H2,1-4H3,(H2,21,22,24)/t14-/m1/s1. The number of anilines is 1. The van der Waals surface area contributed by atoms with Crippen molar-refractivity contribution in [1.29, 1.82) is 0 Å². The van der Waals surface area contributed by atoms with Crippen molar-refractivity contribution in [3.8, 4) is 0 Å². The first-order valence-electron chi connectivity index (χ1n) is 9.61. The summed E-state index contributed by atoms with van der Waals surface area (Å²) in [6.45, 7) is 7.25. The van der Waals surface area contributed by atoms with Gasteiger partial charge in [-0.15, -0.1) is 0 Å². The Bertz CT molecular complexity index is 891. The van der Waals surface area contributed by atoms with Gasteiger partial charge in [0, 0.05) is 36.6 Å². The normalized spacial score (nSPS) is 16.8. The van der Waals surface area contributed by atoms with Gasteiger partial charge in [0.05, 0.1) is 6.54 Å². The number of nitrogen functional groups attached to an aromatic ring is 1. The van der Waals surface area contributed by atoms with Crippen molar-refractivity contribution in [3.05, 3.63) is 40.6 Å². The summed E-state index contributed by atoms with van der Waals surface area (Å²) < 4.78 is 0. The maximum Gasteiger partial charge on any atom is 0.270 e. The largest absolute Gasteiger partial charge is 0.384 e. The zero-order valence-corrected chi connectivity index (χ0v) is 17.0. The van der Waals surface area contributed by atoms with Crippen molar-refractivity contribution in [1.82, 2.24) is 24.8 Å². The molecule has 8 nitrogen and oxygen atoms in total. The van der Waals surface area contributed by atoms with E-state index in [1.807, 2.05) is 25.8 Å². The highest BCUT2D eigenvalue weighted by Gasteiger charge is 2.32. The number of ketones is 1. The molecule has 0 radical (unpaired) electrons. The van der Waals surface area contributed by atoms with Gasteiger partial charge in [-0.05, 0) is 45.4 Å². The van der Waals surface area contributed by atoms with Crippen molar-refractivity contribution in [2.75, 3.05) is 25.9 Å². The highest BCUT2D eigenvalue weighted by Crippen LogP contribution is 2.24. The number of carbonyl (C=O) groups is 2. The average molecular weight is 384 g/mol. The van der Waals surface area contributed by atoms with Crippen LogP contribution in [0.1, 0.15) is 58.2 Å². The number of hydrogen-bond donors (Lipinski definition) is 2. The summed E-state index contributed by atoms with van der Waals surface area (Å²) in [6, 6.07) is 1.89. The summed E-state index contributed by atoms with van der Waals surface area (Å²) in [4.78, 5) is 40.7. The molecule has 3 heterocycles. The van der Waals surface area contributed by atoms with E-state index >= 15 is 0 Å². The number of nitrogens with two attached hydrogens (primary N) is 1. The predicted molar refractivity (Wildman–Crippen MR) is 107 cm³/mol. The lowest BCUT2D eigenvalue weighted by Gasteiger charge is -2.24. The van der Waals surface area contributed by atoms with E-state index in [9.17, 15) is 9.59 Å². The molecule has 0 bridgehead atoms. The molecule has 1 fully saturated rings. The molecular formula is C20H28N6O2. The Kier molecular flexibility index (Phi) is 5.79. The topological polar surface area (TPSA) is 108 Å². The van der Waals surface area contributed by atoms with Crippen LogP contribution in [0.15, 0.2) is 12.3 Å². The van der Waals surface area contributed by atoms with Crippen LogP contribution in [0.4, 0.5) is 5.82 Å². The quantitative estimate of drug-likeness (QED) is 0.735. The number of aromatic amines is 1. The van der Waals surface area contributed by atoms with Gasteiger partial charge in [0.15, 0.2) is 5.78 Å². The molecule has 0 spiro atoms. The molecular weight excluding hydrogens is 356 g/mol. The second-order valence-electron chi connectivity index (χ2n) is 7.39. The molecule has 28 heavy (non-hydrogen) atoms. The van der Waals surface area contributed by atoms with Crippen LogP contribution in [0, 0.1) is 6.92 Å². The number of Topliss-reactive ketones (excluding diaryl/α,β-unsaturated/α-hetero) is 1. The van der Waals surface area contributed by atoms with Gasteiger partial charge < -0.3 is 15.6 Å². The number of carbonyl (C=O) groups excluding carboxylic acids is 2. The monoisotopic (exact) mass is 384 g/mol. The summed E-state index contributed by atoms with van der Waals surface area (Å²) in [6.07, 6.45) is 3.18. The molecule has 1 aliphatic heterocycles. The van der Waals surface area contributed by atoms with E-state index in [1.54, 1.807) is 19.2 Å². The van der Waals surface area contributed by atoms with E-state index in [-0.39, 0.29) is 17.7 Å². The van der Waals surface area contributed by atoms with Crippen LogP contribution in [0.3, 0.4) is 0 Å². The second-order valence-corrected chi connectivity index (χ2v) is 7.39. The first kappa shape index (κ1) is 20.0. The Balaban J connectivity index is 1.71. The molecule has 0 unspecified atom stereocenters. The Hall–Kier alpha value is -2.74. The minimum absolute atomic E-state index is 0.00850. The highest BCUT2D eigenvalue weighted by molar-refractivity contribution is 6.02. The van der Waals surface area contributed by atoms with Crippen molar-refractivity contribution in [2.45, 2.75) is 46.2 Å². The van der Waals surface area contributed by atoms with E-state index < -0.39 is 0 Å². The highest BCUT2D eigenvalue weighted by atomic mass is 16.2. The number of aryl methyl sites for hydroxylation is 1. The first-order valence-corrected chi connectivity index (χ1v) is 9.61. The average Bonchev–Trinajstić information content (AvgIpc) is 3.25. The lowest BCUT2D eigenvalue weighted by Crippen LogP contribution is -2.37. The van der Waals surface area contributed by atoms with Crippen LogP contribution in [-0.4, -0.2) is 62.6 Å². The van der Waals surface area contributed by atoms with E-state index in [0.717, 1.165) is 17.7 Å². The van der Waals surface area contributed by atoms with Crippen LogP contribution < -0.4 is 5.73 Å². The molecule has 3 N–H and O–H groups in total. The Morgan fingerprint density at radius 1 is 1.43 bits per heavy atom. The molecule has 0 saturated carbocycles. The molecule has 1 aliphatic rings. The molecule has 1 atom stereocenters. The van der Waals surface area contributed by atoms with E-state index in [4.69, 9.17) is 5.73 Å². The van der Waals surface area contributed by atoms with Crippen LogP contribution in [-0.2, 0) is 13.0 Å². The Morgan fingerprint density at radius 2 is 2.18 bits per heavy atom. The molecule has 8 heteroatoms. The third-order valence-corrected chi connectivity index (χ3v) is 5.40. The zero-order valence-electron chi connectivity index (χ0n) is 17.0. The van der Waals surface area contributed by atoms with Crippen LogP contribution in [0.2, 0.25) is 0 Å². The molecule has 1 amide bonds. The maximum absolute atomic E-state index is 13.1. The van der Waals surface area contributed by atoms with Gasteiger partial charge in [-0.2, -0.15) is 0 Å². The van der Waals surface area contributed by atoms with Crippen molar-refractivity contribution >= 4 is 17.5 Å². The van der Waals surface area contributed by atoms with Gasteiger partial charge in [-0.3, -0.25) is 14.5 Å². The lowest BCUT2D eigenvalue weighted by molar-refractivity contribution is 0.0773. The zero-order chi connectivity index (χ0) is 20.4. The van der Waals surface area contributed by atoms with Gasteiger partial charge in [0.1, 0.15) is 17.3 Å². The fraction of sp³-hybridized carbons (Fsp3) is 0.500. The molecule has 1 saturated heterocycles. The molecule has 0 aromatic carbocycles. The molecule has 2 aromatic heterocycles. The predicted octanol–water partition coefficient (Wildman–Crippen LogP) is 1.81. The third-order valence-electron chi connectivity index (χ3n) is 5.40. The fourth-order valence-electron chi connectivity index (χ4n) is 3.98. The summed E-state index contributed by atoms with van der Waals surface area (Å²) in [5.74, 6) is 1.08. The van der Waals surface area contributed by atoms with E-state index in [1.165, 1.54) is 0 Å². The summed E-state index contributed by atoms with van der Waals surface area (Å²) in [5.41, 5.74) is 8.51. The minimum atomic E-state index is -0.0384. The maximum atomic E-state index is 13.1. The van der Waals surface area contributed by atoms with Crippen molar-refractivity contribution in [3.63, 3.8) is 0 Å². The summed E-state index contributed by atoms with van der Waals surface area (Å²) in [7, 11) is 2.01. The molecule has 0 aliphatic carbocycles. The van der Waals surface area contributed by atoms with Crippen LogP contribution >= 0.6 is 0 Å². The number of nitrogens with one attached hydrogen (secondary N) is 1. The third kappa shape index (κ3) is 3.91. The summed E-state index contributed by atoms with van der Waals surface area (Å²) in [5, 5.41) is 0. The van der Waals surface area contributed by atoms with Gasteiger partial charge in [0.25, 0.3) is 5.91 Å². The van der Waals surface area contributed by atoms with Gasteiger partial charge in [0.2, 0.25) is 0 Å². The summed E-state index contributed by atoms with van der Waals surface area (Å²) >= 11 is 0. The number of hydrogen-bond acceptors (Lipinski definition) is 6. The number of rotatable bonds is 6. The van der Waals surface area contributed by atoms with Crippen molar-refractivity contribution < 1.29 is 9.59 Å². The Labute approximate surface area is 165 Å². The van der Waals surface area contributed by atoms with Gasteiger partial charge >= 0.3 is 0 Å². The second kappa shape index (κ2) is 8.10. The van der Waals surface area contributed by atoms with Gasteiger partial charge in [-0.25, -0.2) is 9.97 Å². The fourth-order valence-corrected chi connectivity index (χ4v) is 3.98. The number of likely N-dealkylation sites (N-methyl/N-ethyl adjacent to an activating group) is 1. The van der Waals surface area contributed by atoms with Crippen molar-refractivity contribution in [2.24, 2.45) is 0 Å². The SMILES string of the molecule is CCc1c(C(=O)N2CC[C@@H](N(C)Cc3nccc(N)n3)C2)[nH]c(C)c1C(C)=O. The molecule has 2 aromatic rings. The minimum Gasteiger partial charge on any atom is -0.384 e. The number of aromatic nitrogens is 3. The number of nitrogens with zero attached hydrogens (tertiary/aromatic N) is 4. The molecule has 150 valence electrons. The van der Waals surface area contributed by atoms with Crippen LogP contribution in [0.5, 0.6) is 0 Å². The van der Waals surface area contributed by atoms with Crippen LogP contribution in [0.25, 0.3) is 0 Å². The molecule has 3 rings (SSSR count). The Morgan fingerprint density at radius 3 is 2.82 bits per heavy atom. The number of H-pyrrole nitrogens is 1. The van der Waals surface area contributed by atoms with Gasteiger partial charge in [-0.1, -0.05) is 6.92 Å². The first-order chi connectivity index (χ1) is 13.3. The van der Waals surface area contributed by atoms with E-state index in [0.29, 0.717) is 49.0 Å². The van der Waals surface area contributed by atoms with E-state index in [2.05, 4.69) is 19.9 Å². The number of likely N-dealkylation sites (tertiary alicyclic amines) is 1. The smallest absolute Gasteiger partial charge is 0.270 e. The lowest BCUT2D eigenvalue weighted by atomic mass is 10.0.